The lowest BCUT2D eigenvalue weighted by Crippen LogP contribution is -2.33. The van der Waals surface area contributed by atoms with E-state index in [1.54, 1.807) is 0 Å². The smallest absolute Gasteiger partial charge is 0.343 e. The largest absolute Gasteiger partial charge is 0.482 e. The zero-order valence-corrected chi connectivity index (χ0v) is 21.3. The van der Waals surface area contributed by atoms with Gasteiger partial charge in [0.1, 0.15) is 5.75 Å². The molecule has 2 aromatic rings. The van der Waals surface area contributed by atoms with E-state index in [4.69, 9.17) is 4.74 Å². The molecule has 2 N–H and O–H groups in total. The van der Waals surface area contributed by atoms with Crippen molar-refractivity contribution in [2.45, 2.75) is 51.7 Å². The molecule has 7 nitrogen and oxygen atoms in total. The highest BCUT2D eigenvalue weighted by molar-refractivity contribution is 5.70. The predicted octanol–water partition coefficient (Wildman–Crippen LogP) is 3.60. The molecular weight excluding hydrogens is 444 g/mol. The van der Waals surface area contributed by atoms with Gasteiger partial charge in [0.25, 0.3) is 0 Å². The molecule has 190 valence electrons. The molecular formula is C28H38N2O5. The molecule has 1 atom stereocenters. The van der Waals surface area contributed by atoms with Crippen LogP contribution in [0.3, 0.4) is 0 Å². The molecule has 0 heterocycles. The van der Waals surface area contributed by atoms with Crippen LogP contribution in [0.1, 0.15) is 48.9 Å². The Morgan fingerprint density at radius 1 is 1.09 bits per heavy atom. The molecule has 7 heteroatoms. The van der Waals surface area contributed by atoms with E-state index < -0.39 is 11.4 Å². The first kappa shape index (κ1) is 28.3. The Balaban J connectivity index is 1.92. The van der Waals surface area contributed by atoms with Crippen LogP contribution < -0.4 is 4.74 Å². The van der Waals surface area contributed by atoms with Crippen molar-refractivity contribution in [1.29, 1.82) is 5.26 Å². The highest BCUT2D eigenvalue weighted by Crippen LogP contribution is 2.37. The van der Waals surface area contributed by atoms with Gasteiger partial charge in [0, 0.05) is 6.54 Å². The van der Waals surface area contributed by atoms with Crippen LogP contribution in [0.5, 0.6) is 5.75 Å². The van der Waals surface area contributed by atoms with E-state index in [-0.39, 0.29) is 25.7 Å². The first-order chi connectivity index (χ1) is 16.8. The minimum absolute atomic E-state index is 0.101. The normalized spacial score (nSPS) is 12.9. The number of methoxy groups -OCH3 is 1. The Morgan fingerprint density at radius 2 is 1.77 bits per heavy atom. The lowest BCUT2D eigenvalue weighted by molar-refractivity contribution is -0.142. The van der Waals surface area contributed by atoms with E-state index >= 15 is 0 Å². The molecule has 35 heavy (non-hydrogen) atoms. The molecule has 0 bridgehead atoms. The van der Waals surface area contributed by atoms with Crippen LogP contribution in [0.15, 0.2) is 42.5 Å². The predicted molar refractivity (Wildman–Crippen MR) is 135 cm³/mol. The van der Waals surface area contributed by atoms with Crippen LogP contribution in [0, 0.1) is 17.2 Å². The second kappa shape index (κ2) is 13.8. The summed E-state index contributed by atoms with van der Waals surface area (Å²) in [6.07, 6.45) is 2.45. The molecule has 0 aliphatic heterocycles. The average Bonchev–Trinajstić information content (AvgIpc) is 2.88. The van der Waals surface area contributed by atoms with Crippen molar-refractivity contribution in [2.75, 3.05) is 33.9 Å². The van der Waals surface area contributed by atoms with Crippen molar-refractivity contribution in [3.63, 3.8) is 0 Å². The van der Waals surface area contributed by atoms with Gasteiger partial charge in [-0.3, -0.25) is 0 Å². The molecule has 1 unspecified atom stereocenters. The maximum absolute atomic E-state index is 11.2. The number of aliphatic hydroxyl groups excluding tert-OH is 2. The summed E-state index contributed by atoms with van der Waals surface area (Å²) in [5.41, 5.74) is 2.78. The monoisotopic (exact) mass is 482 g/mol. The molecule has 2 aromatic carbocycles. The third-order valence-electron chi connectivity index (χ3n) is 6.65. The minimum atomic E-state index is -0.654. The highest BCUT2D eigenvalue weighted by atomic mass is 16.6. The average molecular weight is 483 g/mol. The van der Waals surface area contributed by atoms with Gasteiger partial charge in [-0.05, 0) is 73.2 Å². The Bertz CT molecular complexity index is 984. The van der Waals surface area contributed by atoms with Crippen LogP contribution in [-0.4, -0.2) is 54.9 Å². The summed E-state index contributed by atoms with van der Waals surface area (Å²) in [5, 5.41) is 29.4. The van der Waals surface area contributed by atoms with Crippen molar-refractivity contribution >= 4 is 5.97 Å². The van der Waals surface area contributed by atoms with Crippen molar-refractivity contribution in [1.82, 2.24) is 4.90 Å². The van der Waals surface area contributed by atoms with E-state index in [9.17, 15) is 20.3 Å². The molecule has 0 saturated heterocycles. The molecule has 0 spiro atoms. The number of ether oxygens (including phenoxy) is 2. The van der Waals surface area contributed by atoms with Crippen LogP contribution in [-0.2, 0) is 34.6 Å². The Hall–Kier alpha value is -2.92. The van der Waals surface area contributed by atoms with Gasteiger partial charge in [0.15, 0.2) is 6.61 Å². The summed E-state index contributed by atoms with van der Waals surface area (Å²) >= 11 is 0. The third-order valence-corrected chi connectivity index (χ3v) is 6.65. The van der Waals surface area contributed by atoms with Gasteiger partial charge < -0.3 is 24.6 Å². The number of hydrogen-bond acceptors (Lipinski definition) is 7. The van der Waals surface area contributed by atoms with Gasteiger partial charge in [-0.1, -0.05) is 44.2 Å². The van der Waals surface area contributed by atoms with E-state index in [1.807, 2.05) is 42.5 Å². The molecule has 0 aliphatic rings. The summed E-state index contributed by atoms with van der Waals surface area (Å²) in [5.74, 6) is 0.319. The van der Waals surface area contributed by atoms with Gasteiger partial charge in [-0.2, -0.15) is 5.26 Å². The maximum Gasteiger partial charge on any atom is 0.343 e. The third kappa shape index (κ3) is 7.79. The van der Waals surface area contributed by atoms with E-state index in [0.717, 1.165) is 31.5 Å². The maximum atomic E-state index is 11.2. The summed E-state index contributed by atoms with van der Waals surface area (Å²) in [6, 6.07) is 15.9. The quantitative estimate of drug-likeness (QED) is 0.397. The number of benzene rings is 2. The summed E-state index contributed by atoms with van der Waals surface area (Å²) in [7, 11) is 3.41. The number of carbonyl (C=O) groups is 1. The van der Waals surface area contributed by atoms with Crippen LogP contribution in [0.2, 0.25) is 0 Å². The number of nitrogens with zero attached hydrogens (tertiary/aromatic N) is 2. The number of hydrogen-bond donors (Lipinski definition) is 2. The van der Waals surface area contributed by atoms with Crippen molar-refractivity contribution in [3.8, 4) is 11.8 Å². The zero-order chi connectivity index (χ0) is 25.8. The summed E-state index contributed by atoms with van der Waals surface area (Å²) in [4.78, 5) is 13.4. The second-order valence-corrected chi connectivity index (χ2v) is 9.20. The fourth-order valence-corrected chi connectivity index (χ4v) is 4.23. The number of esters is 1. The Morgan fingerprint density at radius 3 is 2.34 bits per heavy atom. The SMILES string of the molecule is COC(=O)COc1ccc(CCN(C)CCCC(C#N)(c2ccc(CO)c(CO)c2)C(C)C)cc1. The summed E-state index contributed by atoms with van der Waals surface area (Å²) < 4.78 is 9.95. The van der Waals surface area contributed by atoms with Gasteiger partial charge in [-0.25, -0.2) is 4.79 Å². The molecule has 0 aromatic heterocycles. The lowest BCUT2D eigenvalue weighted by atomic mass is 9.69. The van der Waals surface area contributed by atoms with Gasteiger partial charge >= 0.3 is 5.97 Å². The van der Waals surface area contributed by atoms with Gasteiger partial charge in [0.05, 0.1) is 31.8 Å². The van der Waals surface area contributed by atoms with Crippen molar-refractivity contribution < 1.29 is 24.5 Å². The van der Waals surface area contributed by atoms with Crippen molar-refractivity contribution in [2.24, 2.45) is 5.92 Å². The second-order valence-electron chi connectivity index (χ2n) is 9.20. The lowest BCUT2D eigenvalue weighted by Gasteiger charge is -2.32. The number of carbonyl (C=O) groups excluding carboxylic acids is 1. The van der Waals surface area contributed by atoms with Crippen molar-refractivity contribution in [3.05, 3.63) is 64.7 Å². The first-order valence-corrected chi connectivity index (χ1v) is 12.0. The van der Waals surface area contributed by atoms with Gasteiger partial charge in [-0.15, -0.1) is 0 Å². The Labute approximate surface area is 208 Å². The van der Waals surface area contributed by atoms with Crippen LogP contribution in [0.4, 0.5) is 0 Å². The fraction of sp³-hybridized carbons (Fsp3) is 0.500. The minimum Gasteiger partial charge on any atom is -0.482 e. The molecule has 0 fully saturated rings. The standard InChI is InChI=1S/C28H38N2O5/c1-21(2)28(20-29,25-9-8-23(17-31)24(16-25)18-32)13-5-14-30(3)15-12-22-6-10-26(11-7-22)35-19-27(33)34-4/h6-11,16,21,31-32H,5,12-15,17-19H2,1-4H3. The Kier molecular flexibility index (Phi) is 11.2. The first-order valence-electron chi connectivity index (χ1n) is 12.0. The van der Waals surface area contributed by atoms with Gasteiger partial charge in [0.2, 0.25) is 0 Å². The van der Waals surface area contributed by atoms with E-state index in [2.05, 4.69) is 36.6 Å². The van der Waals surface area contributed by atoms with E-state index in [1.165, 1.54) is 12.7 Å². The van der Waals surface area contributed by atoms with Crippen LogP contribution in [0.25, 0.3) is 0 Å². The summed E-state index contributed by atoms with van der Waals surface area (Å²) in [6.45, 7) is 5.46. The molecule has 0 aliphatic carbocycles. The number of rotatable bonds is 14. The molecule has 2 rings (SSSR count). The zero-order valence-electron chi connectivity index (χ0n) is 21.3. The highest BCUT2D eigenvalue weighted by Gasteiger charge is 2.36. The number of nitriles is 1. The fourth-order valence-electron chi connectivity index (χ4n) is 4.23. The molecule has 0 saturated carbocycles. The number of aliphatic hydroxyl groups is 2. The molecule has 0 amide bonds. The number of likely N-dealkylation sites (N-methyl/N-ethyl adjacent to an activating group) is 1. The molecule has 0 radical (unpaired) electrons. The topological polar surface area (TPSA) is 103 Å². The van der Waals surface area contributed by atoms with Crippen LogP contribution >= 0.6 is 0 Å². The van der Waals surface area contributed by atoms with E-state index in [0.29, 0.717) is 23.3 Å².